The normalized spacial score (nSPS) is 29.1. The molecule has 3 fully saturated rings. The van der Waals surface area contributed by atoms with Crippen molar-refractivity contribution in [2.45, 2.75) is 125 Å². The van der Waals surface area contributed by atoms with Crippen LogP contribution in [0.3, 0.4) is 0 Å². The van der Waals surface area contributed by atoms with E-state index in [1.54, 1.807) is 0 Å². The van der Waals surface area contributed by atoms with E-state index in [0.717, 1.165) is 54.8 Å². The summed E-state index contributed by atoms with van der Waals surface area (Å²) in [5, 5.41) is 90.7. The van der Waals surface area contributed by atoms with Gasteiger partial charge in [0.05, 0.1) is 44.9 Å². The summed E-state index contributed by atoms with van der Waals surface area (Å²) in [5.74, 6) is -6.71. The molecule has 3 amide bonds. The second-order valence-electron chi connectivity index (χ2n) is 20.2. The van der Waals surface area contributed by atoms with Gasteiger partial charge in [-0.1, -0.05) is 25.6 Å². The number of fused-ring (bicyclic) bond motifs is 1. The van der Waals surface area contributed by atoms with Crippen molar-refractivity contribution in [1.82, 2.24) is 45.0 Å². The van der Waals surface area contributed by atoms with Crippen molar-refractivity contribution in [2.75, 3.05) is 56.7 Å². The van der Waals surface area contributed by atoms with Gasteiger partial charge in [-0.2, -0.15) is 9.29 Å². The average Bonchev–Trinajstić information content (AvgIpc) is 2.51. The van der Waals surface area contributed by atoms with Gasteiger partial charge in [-0.05, 0) is 6.07 Å². The van der Waals surface area contributed by atoms with Gasteiger partial charge in [0.2, 0.25) is 22.8 Å². The number of carbonyl (C=O) groups is 4. The molecule has 0 bridgehead atoms. The number of phosphoric ester groups is 4. The molecule has 0 radical (unpaired) electrons. The summed E-state index contributed by atoms with van der Waals surface area (Å²) in [7, 11) is -22.5. The maximum Gasteiger partial charge on any atom is 0.481 e. The van der Waals surface area contributed by atoms with E-state index in [1.165, 1.54) is 0 Å². The van der Waals surface area contributed by atoms with Crippen LogP contribution in [0, 0.1) is 5.41 Å². The lowest BCUT2D eigenvalue weighted by Crippen LogP contribution is -2.67. The fourth-order valence-corrected chi connectivity index (χ4v) is 13.3. The van der Waals surface area contributed by atoms with Crippen molar-refractivity contribution < 1.29 is 144 Å². The predicted molar refractivity (Wildman–Crippen MR) is 288 cm³/mol. The Labute approximate surface area is 498 Å². The van der Waals surface area contributed by atoms with Crippen LogP contribution in [0.15, 0.2) is 29.7 Å². The van der Waals surface area contributed by atoms with E-state index < -0.39 is 215 Å². The Kier molecular flexibility index (Phi) is 24.3. The maximum absolute atomic E-state index is 14.1. The minimum Gasteiger partial charge on any atom is -0.394 e. The number of carbonyl (C=O) groups excluding carboxylic acids is 4. The number of rotatable bonds is 30. The lowest BCUT2D eigenvalue weighted by Gasteiger charge is -2.47. The summed E-state index contributed by atoms with van der Waals surface area (Å²) in [5.41, 5.74) is 8.45. The third-order valence-electron chi connectivity index (χ3n) is 13.0. The van der Waals surface area contributed by atoms with E-state index in [-0.39, 0.29) is 34.6 Å². The first kappa shape index (κ1) is 72.6. The Balaban J connectivity index is 0.995. The summed E-state index contributed by atoms with van der Waals surface area (Å²) in [4.78, 5) is 130. The van der Waals surface area contributed by atoms with Gasteiger partial charge in [0.15, 0.2) is 23.9 Å². The topological polar surface area (TPSA) is 649 Å². The van der Waals surface area contributed by atoms with Gasteiger partial charge in [0.1, 0.15) is 78.7 Å². The van der Waals surface area contributed by atoms with E-state index in [0.29, 0.717) is 0 Å². The molecule has 496 valence electrons. The van der Waals surface area contributed by atoms with Crippen molar-refractivity contribution in [1.29, 1.82) is 0 Å². The van der Waals surface area contributed by atoms with E-state index >= 15 is 0 Å². The number of thioether (sulfide) groups is 1. The van der Waals surface area contributed by atoms with E-state index in [1.807, 2.05) is 0 Å². The van der Waals surface area contributed by atoms with Crippen molar-refractivity contribution in [3.05, 3.63) is 35.4 Å². The lowest BCUT2D eigenvalue weighted by atomic mass is 9.87. The Hall–Kier alpha value is -4.50. The first-order valence-corrected chi connectivity index (χ1v) is 32.5. The lowest BCUT2D eigenvalue weighted by molar-refractivity contribution is -0.275. The largest absolute Gasteiger partial charge is 0.481 e. The maximum atomic E-state index is 14.1. The van der Waals surface area contributed by atoms with Crippen molar-refractivity contribution in [3.8, 4) is 0 Å². The zero-order valence-corrected chi connectivity index (χ0v) is 50.3. The van der Waals surface area contributed by atoms with Crippen molar-refractivity contribution >= 4 is 88.7 Å². The molecular formula is C41H65N11O31P4S. The van der Waals surface area contributed by atoms with Crippen LogP contribution in [0.25, 0.3) is 11.2 Å². The smallest absolute Gasteiger partial charge is 0.394 e. The molecule has 88 heavy (non-hydrogen) atoms. The molecule has 3 aliphatic heterocycles. The molecule has 3 aromatic heterocycles. The molecule has 3 aromatic rings. The van der Waals surface area contributed by atoms with E-state index in [2.05, 4.69) is 44.7 Å². The number of aliphatic hydroxyl groups excluding tert-OH is 8. The van der Waals surface area contributed by atoms with Crippen LogP contribution in [0.1, 0.15) is 46.1 Å². The number of aliphatic hydroxyl groups is 8. The van der Waals surface area contributed by atoms with Crippen LogP contribution in [0.4, 0.5) is 11.6 Å². The zero-order valence-electron chi connectivity index (χ0n) is 46.0. The number of hydrogen-bond acceptors (Lipinski definition) is 33. The predicted octanol–water partition coefficient (Wildman–Crippen LogP) is -6.68. The molecule has 20 N–H and O–H groups in total. The Morgan fingerprint density at radius 3 is 2.15 bits per heavy atom. The minimum absolute atomic E-state index is 0.0276. The summed E-state index contributed by atoms with van der Waals surface area (Å²) >= 11 is 0.231. The first-order chi connectivity index (χ1) is 40.8. The Bertz CT molecular complexity index is 3240. The number of nitrogens with one attached hydrogen (secondary N) is 3. The van der Waals surface area contributed by atoms with Crippen LogP contribution < -0.4 is 33.1 Å². The second-order valence-corrected chi connectivity index (χ2v) is 26.9. The molecule has 0 saturated carbocycles. The number of aromatic nitrogens is 6. The minimum atomic E-state index is -5.73. The molecular weight excluding hydrogens is 1300 g/mol. The van der Waals surface area contributed by atoms with Crippen LogP contribution in [-0.2, 0) is 78.6 Å². The van der Waals surface area contributed by atoms with Gasteiger partial charge < -0.3 is 107 Å². The number of hydrogen-bond donors (Lipinski definition) is 18. The van der Waals surface area contributed by atoms with Crippen LogP contribution in [-0.4, -0.2) is 241 Å². The molecule has 0 aromatic carbocycles. The molecule has 6 heterocycles. The van der Waals surface area contributed by atoms with Gasteiger partial charge in [-0.15, -0.1) is 0 Å². The molecule has 18 atom stereocenters. The molecule has 3 aliphatic rings. The number of amides is 3. The SMILES string of the molecule is CC(=O)NC1C(O)CC(OP(=O)(O)OCC2OC(n3ccc(N)nc3=O)C(O)C2O)(C(=O)SCCNC(=O)CCNC(=O)C(O)C(C)(C)COP(=O)(O)OP(=O)(O)OCC2OC(n3cnc4c(N)ncnc43)C(O)C2OP(=O)(O)O)OC1C(O)C(O)CO. The highest BCUT2D eigenvalue weighted by Crippen LogP contribution is 2.61. The van der Waals surface area contributed by atoms with Gasteiger partial charge >= 0.3 is 37.0 Å². The van der Waals surface area contributed by atoms with Gasteiger partial charge in [0, 0.05) is 50.2 Å². The molecule has 0 aliphatic carbocycles. The fourth-order valence-electron chi connectivity index (χ4n) is 8.69. The Morgan fingerprint density at radius 2 is 1.50 bits per heavy atom. The molecule has 0 spiro atoms. The van der Waals surface area contributed by atoms with Gasteiger partial charge in [-0.3, -0.25) is 46.4 Å². The van der Waals surface area contributed by atoms with Crippen molar-refractivity contribution in [3.63, 3.8) is 0 Å². The van der Waals surface area contributed by atoms with Crippen LogP contribution >= 0.6 is 43.1 Å². The second kappa shape index (κ2) is 29.4. The standard InChI is InChI=1S/C41H65N11O31P4S/c1-17(54)49-24-18(55)10-41(80-31(24)26(58)19(56)11-53,82-85(69,70)75-12-20-27(59)28(60)36(78-20)51-8-5-22(42)50-39(51)65)38(64)88-9-7-44-23(57)4-6-45-35(63)32(62)40(2,3)14-77-87(73,74)83-86(71,72)76-13-21-30(81-84(66,67)68)29(61)37(79-21)52-16-48-25-33(43)46-15-47-34(25)52/h5,8,15-16,18-21,24,26-32,36-37,53,55-56,58-62H,4,6-7,9-14H2,1-3H3,(H,44,57)(H,45,63)(H,49,54)(H,69,70)(H,71,72)(H,73,74)(H2,42,50,65)(H2,43,46,47)(H2,66,67,68). The van der Waals surface area contributed by atoms with Gasteiger partial charge in [-0.25, -0.2) is 42.5 Å². The summed E-state index contributed by atoms with van der Waals surface area (Å²) in [6, 6.07) is -0.522. The van der Waals surface area contributed by atoms with Crippen LogP contribution in [0.2, 0.25) is 0 Å². The Morgan fingerprint density at radius 1 is 0.864 bits per heavy atom. The molecule has 42 nitrogen and oxygen atoms in total. The summed E-state index contributed by atoms with van der Waals surface area (Å²) < 4.78 is 98.5. The number of imidazole rings is 1. The third kappa shape index (κ3) is 18.6. The van der Waals surface area contributed by atoms with E-state index in [4.69, 9.17) is 43.8 Å². The number of phosphoric acid groups is 4. The number of nitrogens with two attached hydrogens (primary N) is 2. The number of ether oxygens (including phenoxy) is 3. The first-order valence-electron chi connectivity index (χ1n) is 25.5. The number of nitrogens with zero attached hydrogens (tertiary/aromatic N) is 6. The quantitative estimate of drug-likeness (QED) is 0.0218. The monoisotopic (exact) mass is 1360 g/mol. The highest BCUT2D eigenvalue weighted by atomic mass is 32.2. The molecule has 3 saturated heterocycles. The highest BCUT2D eigenvalue weighted by Gasteiger charge is 2.59. The molecule has 6 rings (SSSR count). The highest BCUT2D eigenvalue weighted by molar-refractivity contribution is 8.13. The molecule has 18 unspecified atom stereocenters. The molecule has 47 heteroatoms. The average molecular weight is 1360 g/mol. The van der Waals surface area contributed by atoms with Crippen LogP contribution in [0.5, 0.6) is 0 Å². The zero-order chi connectivity index (χ0) is 65.6. The summed E-state index contributed by atoms with van der Waals surface area (Å²) in [6.45, 7) is -2.18. The van der Waals surface area contributed by atoms with E-state index in [9.17, 15) is 108 Å². The third-order valence-corrected chi connectivity index (χ3v) is 18.1. The number of nitrogen functional groups attached to an aromatic ring is 2. The summed E-state index contributed by atoms with van der Waals surface area (Å²) in [6.07, 6.45) is -23.5. The fraction of sp³-hybridized carbons (Fsp3) is 0.683. The number of anilines is 2. The van der Waals surface area contributed by atoms with Gasteiger partial charge in [0.25, 0.3) is 5.79 Å². The van der Waals surface area contributed by atoms with Crippen molar-refractivity contribution in [2.24, 2.45) is 5.41 Å².